The lowest BCUT2D eigenvalue weighted by Crippen LogP contribution is -2.03. The van der Waals surface area contributed by atoms with E-state index >= 15 is 0 Å². The van der Waals surface area contributed by atoms with Gasteiger partial charge < -0.3 is 0 Å². The van der Waals surface area contributed by atoms with E-state index in [1.165, 1.54) is 53.6 Å². The van der Waals surface area contributed by atoms with E-state index in [-0.39, 0.29) is 0 Å². The molecule has 3 nitrogen and oxygen atoms in total. The van der Waals surface area contributed by atoms with Crippen LogP contribution in [0.25, 0.3) is 92.7 Å². The van der Waals surface area contributed by atoms with Gasteiger partial charge in [-0.3, -0.25) is 4.57 Å². The largest absolute Gasteiger partial charge is 0.278 e. The van der Waals surface area contributed by atoms with E-state index in [4.69, 9.17) is 9.97 Å². The quantitative estimate of drug-likeness (QED) is 0.185. The van der Waals surface area contributed by atoms with Crippen LogP contribution in [0.3, 0.4) is 0 Å². The van der Waals surface area contributed by atoms with Crippen molar-refractivity contribution in [1.29, 1.82) is 0 Å². The van der Waals surface area contributed by atoms with Crippen LogP contribution in [-0.4, -0.2) is 14.5 Å². The number of benzene rings is 7. The van der Waals surface area contributed by atoms with Crippen LogP contribution < -0.4 is 0 Å². The summed E-state index contributed by atoms with van der Waals surface area (Å²) in [5.41, 5.74) is 9.89. The van der Waals surface area contributed by atoms with E-state index in [1.54, 1.807) is 0 Å². The number of fused-ring (bicyclic) bond motifs is 6. The number of hydrogen-bond donors (Lipinski definition) is 0. The van der Waals surface area contributed by atoms with Crippen LogP contribution in [0, 0.1) is 0 Å². The fourth-order valence-electron chi connectivity index (χ4n) is 7.25. The van der Waals surface area contributed by atoms with Gasteiger partial charge in [-0.1, -0.05) is 140 Å². The first-order valence-corrected chi connectivity index (χ1v) is 17.6. The lowest BCUT2D eigenvalue weighted by Gasteiger charge is -2.12. The Balaban J connectivity index is 1.19. The fourth-order valence-corrected chi connectivity index (χ4v) is 8.25. The summed E-state index contributed by atoms with van der Waals surface area (Å²) in [4.78, 5) is 13.1. The van der Waals surface area contributed by atoms with Crippen molar-refractivity contribution in [3.05, 3.63) is 176 Å². The maximum Gasteiger partial charge on any atom is 0.235 e. The molecular weight excluding hydrogens is 627 g/mol. The first-order chi connectivity index (χ1) is 24.8. The summed E-state index contributed by atoms with van der Waals surface area (Å²) in [7, 11) is 0. The number of rotatable bonds is 5. The van der Waals surface area contributed by atoms with E-state index < -0.39 is 0 Å². The molecule has 0 aliphatic heterocycles. The summed E-state index contributed by atoms with van der Waals surface area (Å²) < 4.78 is 2.25. The average Bonchev–Trinajstić information content (AvgIpc) is 3.82. The highest BCUT2D eigenvalue weighted by Gasteiger charge is 2.20. The van der Waals surface area contributed by atoms with Gasteiger partial charge in [0.1, 0.15) is 0 Å². The van der Waals surface area contributed by atoms with E-state index in [9.17, 15) is 0 Å². The second-order valence-corrected chi connectivity index (χ2v) is 13.7. The maximum absolute atomic E-state index is 5.37. The zero-order valence-corrected chi connectivity index (χ0v) is 27.8. The molecule has 0 N–H and O–H groups in total. The summed E-state index contributed by atoms with van der Waals surface area (Å²) >= 11 is 1.83. The lowest BCUT2D eigenvalue weighted by molar-refractivity contribution is 1.01. The van der Waals surface area contributed by atoms with Gasteiger partial charge in [0.2, 0.25) is 5.95 Å². The second kappa shape index (κ2) is 11.7. The lowest BCUT2D eigenvalue weighted by atomic mass is 10.0. The number of hydrogen-bond acceptors (Lipinski definition) is 3. The first kappa shape index (κ1) is 28.6. The van der Waals surface area contributed by atoms with E-state index in [0.717, 1.165) is 33.2 Å². The van der Waals surface area contributed by atoms with Crippen LogP contribution in [-0.2, 0) is 0 Å². The molecule has 0 fully saturated rings. The Kier molecular flexibility index (Phi) is 6.68. The highest BCUT2D eigenvalue weighted by atomic mass is 32.1. The van der Waals surface area contributed by atoms with Crippen LogP contribution in [0.2, 0.25) is 0 Å². The van der Waals surface area contributed by atoms with Gasteiger partial charge in [-0.25, -0.2) is 9.97 Å². The molecule has 0 radical (unpaired) electrons. The van der Waals surface area contributed by atoms with E-state index in [2.05, 4.69) is 180 Å². The zero-order chi connectivity index (χ0) is 33.0. The molecule has 0 bridgehead atoms. The van der Waals surface area contributed by atoms with E-state index in [1.807, 2.05) is 11.3 Å². The van der Waals surface area contributed by atoms with Gasteiger partial charge in [-0.2, -0.15) is 0 Å². The summed E-state index contributed by atoms with van der Waals surface area (Å²) in [6.07, 6.45) is 0. The summed E-state index contributed by atoms with van der Waals surface area (Å²) in [5, 5.41) is 5.87. The van der Waals surface area contributed by atoms with Gasteiger partial charge >= 0.3 is 0 Å². The predicted octanol–water partition coefficient (Wildman–Crippen LogP) is 12.6. The molecule has 10 rings (SSSR count). The predicted molar refractivity (Wildman–Crippen MR) is 211 cm³/mol. The van der Waals surface area contributed by atoms with Crippen molar-refractivity contribution in [3.8, 4) is 49.2 Å². The standard InChI is InChI=1S/C46H29N3S/c1-3-11-30(12-4-1)31-19-21-34(22-20-31)45-37-17-9-10-18-39(37)47-46(48-45)49-40-25-24-35(43-28-27-42(50-43)33-14-5-2-6-15-33)29-38(40)44-36-16-8-7-13-32(36)23-26-41(44)49/h1-29H. The molecule has 0 unspecified atom stereocenters. The molecule has 234 valence electrons. The molecule has 4 heteroatoms. The Morgan fingerprint density at radius 3 is 1.80 bits per heavy atom. The molecule has 0 aliphatic rings. The van der Waals surface area contributed by atoms with Gasteiger partial charge in [0.25, 0.3) is 0 Å². The van der Waals surface area contributed by atoms with Crippen molar-refractivity contribution < 1.29 is 0 Å². The Morgan fingerprint density at radius 2 is 1.00 bits per heavy atom. The van der Waals surface area contributed by atoms with Crippen LogP contribution in [0.4, 0.5) is 0 Å². The SMILES string of the molecule is c1ccc(-c2ccc(-c3nc(-n4c5ccc(-c6ccc(-c7ccccc7)s6)cc5c5c6ccccc6ccc54)nc4ccccc34)cc2)cc1. The number of aromatic nitrogens is 3. The minimum absolute atomic E-state index is 0.663. The van der Waals surface area contributed by atoms with Gasteiger partial charge in [-0.05, 0) is 69.4 Å². The maximum atomic E-state index is 5.37. The van der Waals surface area contributed by atoms with Crippen LogP contribution in [0.5, 0.6) is 0 Å². The molecule has 0 saturated heterocycles. The Bertz CT molecular complexity index is 2850. The molecular formula is C46H29N3S. The molecule has 10 aromatic rings. The minimum atomic E-state index is 0.663. The number of thiophene rings is 1. The van der Waals surface area contributed by atoms with Crippen molar-refractivity contribution in [3.63, 3.8) is 0 Å². The van der Waals surface area contributed by atoms with Crippen molar-refractivity contribution in [1.82, 2.24) is 14.5 Å². The second-order valence-electron chi connectivity index (χ2n) is 12.6. The van der Waals surface area contributed by atoms with Gasteiger partial charge in [0.15, 0.2) is 0 Å². The molecule has 0 saturated carbocycles. The molecule has 3 aromatic heterocycles. The zero-order valence-electron chi connectivity index (χ0n) is 27.0. The van der Waals surface area contributed by atoms with Crippen molar-refractivity contribution in [2.75, 3.05) is 0 Å². The molecule has 7 aromatic carbocycles. The topological polar surface area (TPSA) is 30.7 Å². The van der Waals surface area contributed by atoms with Gasteiger partial charge in [0, 0.05) is 31.5 Å². The minimum Gasteiger partial charge on any atom is -0.278 e. The highest BCUT2D eigenvalue weighted by molar-refractivity contribution is 7.18. The monoisotopic (exact) mass is 655 g/mol. The third-order valence-corrected chi connectivity index (χ3v) is 10.8. The molecule has 0 amide bonds. The fraction of sp³-hybridized carbons (Fsp3) is 0. The molecule has 0 aliphatic carbocycles. The number of para-hydroxylation sites is 1. The Labute approximate surface area is 293 Å². The third-order valence-electron chi connectivity index (χ3n) is 9.66. The Hall–Kier alpha value is -6.36. The van der Waals surface area contributed by atoms with Gasteiger partial charge in [0.05, 0.1) is 22.2 Å². The third kappa shape index (κ3) is 4.73. The van der Waals surface area contributed by atoms with Crippen molar-refractivity contribution >= 4 is 54.8 Å². The van der Waals surface area contributed by atoms with E-state index in [0.29, 0.717) is 5.95 Å². The van der Waals surface area contributed by atoms with Gasteiger partial charge in [-0.15, -0.1) is 11.3 Å². The summed E-state index contributed by atoms with van der Waals surface area (Å²) in [6, 6.07) is 62.6. The smallest absolute Gasteiger partial charge is 0.235 e. The summed E-state index contributed by atoms with van der Waals surface area (Å²) in [6.45, 7) is 0. The molecule has 0 spiro atoms. The molecule has 3 heterocycles. The first-order valence-electron chi connectivity index (χ1n) is 16.8. The van der Waals surface area contributed by atoms with Crippen LogP contribution in [0.1, 0.15) is 0 Å². The highest BCUT2D eigenvalue weighted by Crippen LogP contribution is 2.41. The van der Waals surface area contributed by atoms with Crippen LogP contribution in [0.15, 0.2) is 176 Å². The van der Waals surface area contributed by atoms with Crippen LogP contribution >= 0.6 is 11.3 Å². The van der Waals surface area contributed by atoms with Crippen molar-refractivity contribution in [2.45, 2.75) is 0 Å². The Morgan fingerprint density at radius 1 is 0.400 bits per heavy atom. The number of nitrogens with zero attached hydrogens (tertiary/aromatic N) is 3. The average molecular weight is 656 g/mol. The molecule has 0 atom stereocenters. The van der Waals surface area contributed by atoms with Crippen molar-refractivity contribution in [2.24, 2.45) is 0 Å². The molecule has 50 heavy (non-hydrogen) atoms. The normalized spacial score (nSPS) is 11.6. The summed E-state index contributed by atoms with van der Waals surface area (Å²) in [5.74, 6) is 0.663.